The first-order valence-electron chi connectivity index (χ1n) is 12.5. The van der Waals surface area contributed by atoms with Gasteiger partial charge in [-0.05, 0) is 55.5 Å². The molecule has 0 amide bonds. The van der Waals surface area contributed by atoms with Crippen LogP contribution in [0.25, 0.3) is 33.4 Å². The van der Waals surface area contributed by atoms with Gasteiger partial charge < -0.3 is 19.8 Å². The Morgan fingerprint density at radius 1 is 0.973 bits per heavy atom. The number of hydrogen-bond acceptors (Lipinski definition) is 7. The third-order valence-electron chi connectivity index (χ3n) is 7.12. The maximum Gasteiger partial charge on any atom is 0.150 e. The summed E-state index contributed by atoms with van der Waals surface area (Å²) in [4.78, 5) is 11.0. The largest absolute Gasteiger partial charge is 0.390 e. The normalized spacial score (nSPS) is 22.5. The second-order valence-corrected chi connectivity index (χ2v) is 9.57. The van der Waals surface area contributed by atoms with Crippen molar-refractivity contribution in [1.29, 1.82) is 0 Å². The number of hydrogen-bond donors (Lipinski definition) is 2. The van der Waals surface area contributed by atoms with E-state index in [-0.39, 0.29) is 18.3 Å². The highest BCUT2D eigenvalue weighted by atomic mass is 19.1. The molecule has 192 valence electrons. The molecule has 0 bridgehead atoms. The number of fused-ring (bicyclic) bond motifs is 1. The van der Waals surface area contributed by atoms with Crippen molar-refractivity contribution < 1.29 is 23.7 Å². The van der Waals surface area contributed by atoms with Gasteiger partial charge in [-0.3, -0.25) is 4.98 Å². The highest BCUT2D eigenvalue weighted by Crippen LogP contribution is 2.36. The molecule has 2 aliphatic heterocycles. The van der Waals surface area contributed by atoms with Gasteiger partial charge in [0.15, 0.2) is 6.23 Å². The Balaban J connectivity index is 1.48. The van der Waals surface area contributed by atoms with Crippen LogP contribution in [-0.4, -0.2) is 61.9 Å². The summed E-state index contributed by atoms with van der Waals surface area (Å²) in [6, 6.07) is 9.05. The van der Waals surface area contributed by atoms with E-state index in [1.807, 2.05) is 15.6 Å². The lowest BCUT2D eigenvalue weighted by atomic mass is 10.0. The van der Waals surface area contributed by atoms with Crippen LogP contribution < -0.4 is 4.90 Å². The van der Waals surface area contributed by atoms with Gasteiger partial charge in [-0.2, -0.15) is 5.10 Å². The molecule has 8 nitrogen and oxygen atoms in total. The SMILES string of the molecule is O[C@@H]1CCN(c2cncc(-c3nn(C4CCCCO4)c4ccc(-c5c(F)cccc5F)cc34)n2)C[C@@H]1O. The van der Waals surface area contributed by atoms with Crippen LogP contribution in [0, 0.1) is 11.6 Å². The molecule has 0 saturated carbocycles. The molecule has 0 radical (unpaired) electrons. The van der Waals surface area contributed by atoms with Gasteiger partial charge >= 0.3 is 0 Å². The average molecular weight is 508 g/mol. The van der Waals surface area contributed by atoms with Gasteiger partial charge in [0.05, 0.1) is 35.7 Å². The first kappa shape index (κ1) is 23.9. The third kappa shape index (κ3) is 4.45. The molecule has 2 aromatic carbocycles. The van der Waals surface area contributed by atoms with Crippen LogP contribution in [0.2, 0.25) is 0 Å². The molecule has 0 aliphatic carbocycles. The Bertz CT molecular complexity index is 1420. The van der Waals surface area contributed by atoms with E-state index >= 15 is 0 Å². The standard InChI is InChI=1S/C27H27F2N5O3/c28-18-4-3-5-19(29)26(18)16-7-8-21-17(12-16)27(32-34(21)25-6-1-2-11-37-25)20-13-30-14-24(31-20)33-10-9-22(35)23(36)15-33/h3-5,7-8,12-14,22-23,25,35-36H,1-2,6,9-11,15H2/t22-,23+,25?/m1/s1. The second-order valence-electron chi connectivity index (χ2n) is 9.57. The van der Waals surface area contributed by atoms with Crippen LogP contribution in [0.5, 0.6) is 0 Å². The lowest BCUT2D eigenvalue weighted by Gasteiger charge is -2.34. The molecule has 2 saturated heterocycles. The summed E-state index contributed by atoms with van der Waals surface area (Å²) in [6.45, 7) is 1.40. The van der Waals surface area contributed by atoms with Crippen LogP contribution in [0.3, 0.4) is 0 Å². The number of piperidine rings is 1. The zero-order chi connectivity index (χ0) is 25.5. The number of anilines is 1. The molecule has 4 heterocycles. The zero-order valence-electron chi connectivity index (χ0n) is 20.1. The monoisotopic (exact) mass is 507 g/mol. The van der Waals surface area contributed by atoms with Gasteiger partial charge in [-0.15, -0.1) is 0 Å². The molecule has 0 spiro atoms. The summed E-state index contributed by atoms with van der Waals surface area (Å²) in [5, 5.41) is 25.6. The molecular weight excluding hydrogens is 480 g/mol. The number of halogens is 2. The van der Waals surface area contributed by atoms with Crippen LogP contribution in [0.1, 0.15) is 31.9 Å². The van der Waals surface area contributed by atoms with Crippen LogP contribution >= 0.6 is 0 Å². The van der Waals surface area contributed by atoms with Crippen molar-refractivity contribution in [2.75, 3.05) is 24.6 Å². The highest BCUT2D eigenvalue weighted by Gasteiger charge is 2.28. The van der Waals surface area contributed by atoms with Gasteiger partial charge in [0.2, 0.25) is 0 Å². The molecule has 2 aromatic heterocycles. The maximum atomic E-state index is 14.6. The summed E-state index contributed by atoms with van der Waals surface area (Å²) >= 11 is 0. The Morgan fingerprint density at radius 3 is 2.57 bits per heavy atom. The second kappa shape index (κ2) is 9.77. The third-order valence-corrected chi connectivity index (χ3v) is 7.12. The van der Waals surface area contributed by atoms with Crippen LogP contribution in [0.4, 0.5) is 14.6 Å². The van der Waals surface area contributed by atoms with Crippen molar-refractivity contribution in [1.82, 2.24) is 19.7 Å². The van der Waals surface area contributed by atoms with E-state index in [0.29, 0.717) is 47.7 Å². The quantitative estimate of drug-likeness (QED) is 0.430. The van der Waals surface area contributed by atoms with E-state index in [4.69, 9.17) is 14.8 Å². The van der Waals surface area contributed by atoms with Gasteiger partial charge in [-0.25, -0.2) is 18.4 Å². The molecule has 4 aromatic rings. The number of aliphatic hydroxyl groups excluding tert-OH is 2. The van der Waals surface area contributed by atoms with E-state index in [1.54, 1.807) is 24.5 Å². The summed E-state index contributed by atoms with van der Waals surface area (Å²) < 4.78 is 37.1. The number of benzene rings is 2. The lowest BCUT2D eigenvalue weighted by molar-refractivity contribution is -0.0365. The summed E-state index contributed by atoms with van der Waals surface area (Å²) in [5.74, 6) is -0.732. The fraction of sp³-hybridized carbons (Fsp3) is 0.370. The summed E-state index contributed by atoms with van der Waals surface area (Å²) in [6.07, 6.45) is 4.54. The number of rotatable bonds is 4. The van der Waals surface area contributed by atoms with Gasteiger partial charge in [0, 0.05) is 25.1 Å². The van der Waals surface area contributed by atoms with E-state index in [0.717, 1.165) is 24.8 Å². The molecule has 1 unspecified atom stereocenters. The molecule has 10 heteroatoms. The molecule has 2 fully saturated rings. The Labute approximate surface area is 212 Å². The molecule has 3 atom stereocenters. The molecule has 37 heavy (non-hydrogen) atoms. The number of aromatic nitrogens is 4. The predicted octanol–water partition coefficient (Wildman–Crippen LogP) is 4.07. The van der Waals surface area contributed by atoms with E-state index < -0.39 is 23.8 Å². The summed E-state index contributed by atoms with van der Waals surface area (Å²) in [7, 11) is 0. The first-order valence-corrected chi connectivity index (χ1v) is 12.5. The topological polar surface area (TPSA) is 96.5 Å². The van der Waals surface area contributed by atoms with Gasteiger partial charge in [-0.1, -0.05) is 12.1 Å². The minimum absolute atomic E-state index is 0.0993. The van der Waals surface area contributed by atoms with Gasteiger partial charge in [0.25, 0.3) is 0 Å². The van der Waals surface area contributed by atoms with Crippen molar-refractivity contribution in [2.45, 2.75) is 44.1 Å². The Hall–Kier alpha value is -3.47. The van der Waals surface area contributed by atoms with E-state index in [9.17, 15) is 19.0 Å². The first-order chi connectivity index (χ1) is 18.0. The Kier molecular flexibility index (Phi) is 6.31. The average Bonchev–Trinajstić information content (AvgIpc) is 3.30. The number of ether oxygens (including phenoxy) is 1. The zero-order valence-corrected chi connectivity index (χ0v) is 20.1. The minimum atomic E-state index is -0.874. The minimum Gasteiger partial charge on any atom is -0.390 e. The van der Waals surface area contributed by atoms with Crippen molar-refractivity contribution in [3.63, 3.8) is 0 Å². The fourth-order valence-corrected chi connectivity index (χ4v) is 5.14. The van der Waals surface area contributed by atoms with E-state index in [1.165, 1.54) is 18.2 Å². The van der Waals surface area contributed by atoms with Crippen LogP contribution in [0.15, 0.2) is 48.8 Å². The fourth-order valence-electron chi connectivity index (χ4n) is 5.14. The number of nitrogens with zero attached hydrogens (tertiary/aromatic N) is 5. The summed E-state index contributed by atoms with van der Waals surface area (Å²) in [5.41, 5.74) is 2.08. The smallest absolute Gasteiger partial charge is 0.150 e. The predicted molar refractivity (Wildman–Crippen MR) is 134 cm³/mol. The van der Waals surface area contributed by atoms with Crippen LogP contribution in [-0.2, 0) is 4.74 Å². The lowest BCUT2D eigenvalue weighted by Crippen LogP contribution is -2.47. The van der Waals surface area contributed by atoms with Crippen molar-refractivity contribution in [2.24, 2.45) is 0 Å². The molecular formula is C27H27F2N5O3. The van der Waals surface area contributed by atoms with Crippen molar-refractivity contribution in [3.8, 4) is 22.5 Å². The maximum absolute atomic E-state index is 14.6. The molecule has 2 aliphatic rings. The van der Waals surface area contributed by atoms with Crippen molar-refractivity contribution in [3.05, 3.63) is 60.4 Å². The van der Waals surface area contributed by atoms with Crippen molar-refractivity contribution >= 4 is 16.7 Å². The molecule has 2 N–H and O–H groups in total. The highest BCUT2D eigenvalue weighted by molar-refractivity contribution is 5.95. The van der Waals surface area contributed by atoms with Gasteiger partial charge in [0.1, 0.15) is 28.8 Å². The molecule has 6 rings (SSSR count). The number of aliphatic hydroxyl groups is 2. The number of β-amino-alcohol motifs (C(OH)–C–C–N with tert-alkyl or cyclic N) is 1. The Morgan fingerprint density at radius 2 is 1.81 bits per heavy atom. The van der Waals surface area contributed by atoms with E-state index in [2.05, 4.69) is 4.98 Å².